The van der Waals surface area contributed by atoms with Gasteiger partial charge in [0, 0.05) is 16.1 Å². The van der Waals surface area contributed by atoms with Crippen molar-refractivity contribution in [1.82, 2.24) is 0 Å². The highest BCUT2D eigenvalue weighted by Crippen LogP contribution is 2.32. The Balaban J connectivity index is 2.64. The fourth-order valence-electron chi connectivity index (χ4n) is 1.50. The summed E-state index contributed by atoms with van der Waals surface area (Å²) in [5.41, 5.74) is 9.08. The summed E-state index contributed by atoms with van der Waals surface area (Å²) in [5, 5.41) is 11.1. The van der Waals surface area contributed by atoms with E-state index in [0.29, 0.717) is 11.3 Å². The summed E-state index contributed by atoms with van der Waals surface area (Å²) in [6.07, 6.45) is 0. The van der Waals surface area contributed by atoms with E-state index in [4.69, 9.17) is 11.0 Å². The van der Waals surface area contributed by atoms with Crippen molar-refractivity contribution in [2.45, 2.75) is 6.92 Å². The Morgan fingerprint density at radius 3 is 2.73 bits per heavy atom. The van der Waals surface area contributed by atoms with E-state index >= 15 is 0 Å². The van der Waals surface area contributed by atoms with E-state index in [1.165, 1.54) is 5.56 Å². The van der Waals surface area contributed by atoms with E-state index < -0.39 is 0 Å². The van der Waals surface area contributed by atoms with Gasteiger partial charge in [-0.1, -0.05) is 6.07 Å². The predicted octanol–water partition coefficient (Wildman–Crippen LogP) is 3.18. The highest BCUT2D eigenvalue weighted by atomic mass is 32.1. The maximum absolute atomic E-state index is 9.03. The van der Waals surface area contributed by atoms with Crippen molar-refractivity contribution in [3.63, 3.8) is 0 Å². The molecule has 0 aliphatic carbocycles. The van der Waals surface area contributed by atoms with Crippen LogP contribution >= 0.6 is 11.3 Å². The van der Waals surface area contributed by atoms with Crippen LogP contribution in [0.1, 0.15) is 11.1 Å². The number of aryl methyl sites for hydroxylation is 1. The number of hydrogen-bond donors (Lipinski definition) is 1. The third-order valence-corrected chi connectivity index (χ3v) is 3.32. The zero-order chi connectivity index (χ0) is 10.8. The zero-order valence-electron chi connectivity index (χ0n) is 8.32. The van der Waals surface area contributed by atoms with Crippen LogP contribution in [0.5, 0.6) is 0 Å². The Bertz CT molecular complexity index is 535. The lowest BCUT2D eigenvalue weighted by molar-refractivity contribution is 1.47. The van der Waals surface area contributed by atoms with E-state index in [9.17, 15) is 0 Å². The average molecular weight is 214 g/mol. The van der Waals surface area contributed by atoms with Crippen molar-refractivity contribution in [2.75, 3.05) is 5.73 Å². The van der Waals surface area contributed by atoms with Crippen LogP contribution in [0.3, 0.4) is 0 Å². The summed E-state index contributed by atoms with van der Waals surface area (Å²) < 4.78 is 0. The van der Waals surface area contributed by atoms with E-state index in [2.05, 4.69) is 12.1 Å². The molecule has 1 aromatic carbocycles. The first-order chi connectivity index (χ1) is 7.22. The Kier molecular flexibility index (Phi) is 2.44. The number of anilines is 1. The molecule has 0 atom stereocenters. The van der Waals surface area contributed by atoms with E-state index in [0.717, 1.165) is 10.4 Å². The van der Waals surface area contributed by atoms with Crippen molar-refractivity contribution >= 4 is 17.0 Å². The molecular formula is C12H10N2S. The molecular weight excluding hydrogens is 204 g/mol. The van der Waals surface area contributed by atoms with Crippen LogP contribution in [0.15, 0.2) is 29.6 Å². The first kappa shape index (κ1) is 9.75. The van der Waals surface area contributed by atoms with Gasteiger partial charge in [-0.15, -0.1) is 11.3 Å². The summed E-state index contributed by atoms with van der Waals surface area (Å²) in [5.74, 6) is 0. The molecule has 0 fully saturated rings. The third kappa shape index (κ3) is 1.72. The molecule has 0 radical (unpaired) electrons. The second kappa shape index (κ2) is 3.76. The Labute approximate surface area is 92.6 Å². The molecule has 0 aliphatic heterocycles. The average Bonchev–Trinajstić information content (AvgIpc) is 2.64. The highest BCUT2D eigenvalue weighted by Gasteiger charge is 2.08. The van der Waals surface area contributed by atoms with Gasteiger partial charge in [-0.05, 0) is 36.1 Å². The van der Waals surface area contributed by atoms with Crippen molar-refractivity contribution in [3.8, 4) is 16.5 Å². The molecule has 0 amide bonds. The largest absolute Gasteiger partial charge is 0.399 e. The molecule has 0 bridgehead atoms. The molecule has 2 nitrogen and oxygen atoms in total. The molecule has 3 heteroatoms. The first-order valence-corrected chi connectivity index (χ1v) is 5.44. The molecule has 0 spiro atoms. The molecule has 15 heavy (non-hydrogen) atoms. The van der Waals surface area contributed by atoms with Gasteiger partial charge in [0.1, 0.15) is 0 Å². The molecule has 0 saturated carbocycles. The molecule has 0 aliphatic rings. The van der Waals surface area contributed by atoms with Gasteiger partial charge < -0.3 is 5.73 Å². The molecule has 2 N–H and O–H groups in total. The van der Waals surface area contributed by atoms with Gasteiger partial charge in [-0.2, -0.15) is 5.26 Å². The summed E-state index contributed by atoms with van der Waals surface area (Å²) in [4.78, 5) is 1.14. The second-order valence-electron chi connectivity index (χ2n) is 3.35. The monoisotopic (exact) mass is 214 g/mol. The fourth-order valence-corrected chi connectivity index (χ4v) is 2.47. The number of nitrogens with zero attached hydrogens (tertiary/aromatic N) is 1. The summed E-state index contributed by atoms with van der Waals surface area (Å²) in [7, 11) is 0. The van der Waals surface area contributed by atoms with E-state index in [-0.39, 0.29) is 0 Å². The van der Waals surface area contributed by atoms with Gasteiger partial charge in [0.05, 0.1) is 11.6 Å². The number of nitriles is 1. The topological polar surface area (TPSA) is 49.8 Å². The van der Waals surface area contributed by atoms with Crippen LogP contribution in [0.25, 0.3) is 10.4 Å². The van der Waals surface area contributed by atoms with Gasteiger partial charge in [0.15, 0.2) is 0 Å². The molecule has 2 aromatic rings. The quantitative estimate of drug-likeness (QED) is 0.741. The Morgan fingerprint density at radius 2 is 2.13 bits per heavy atom. The van der Waals surface area contributed by atoms with Crippen molar-refractivity contribution < 1.29 is 0 Å². The number of nitrogen functional groups attached to an aromatic ring is 1. The number of benzene rings is 1. The number of thiophene rings is 1. The SMILES string of the molecule is Cc1ccsc1-c1ccc(N)cc1C#N. The zero-order valence-corrected chi connectivity index (χ0v) is 9.14. The van der Waals surface area contributed by atoms with Crippen LogP contribution in [0.4, 0.5) is 5.69 Å². The molecule has 74 valence electrons. The lowest BCUT2D eigenvalue weighted by Crippen LogP contribution is -1.88. The first-order valence-electron chi connectivity index (χ1n) is 4.56. The Morgan fingerprint density at radius 1 is 1.33 bits per heavy atom. The highest BCUT2D eigenvalue weighted by molar-refractivity contribution is 7.13. The summed E-state index contributed by atoms with van der Waals surface area (Å²) >= 11 is 1.65. The van der Waals surface area contributed by atoms with Crippen LogP contribution < -0.4 is 5.73 Å². The minimum atomic E-state index is 0.629. The molecule has 1 heterocycles. The van der Waals surface area contributed by atoms with Gasteiger partial charge in [0.25, 0.3) is 0 Å². The maximum Gasteiger partial charge on any atom is 0.0999 e. The van der Waals surface area contributed by atoms with Gasteiger partial charge >= 0.3 is 0 Å². The van der Waals surface area contributed by atoms with E-state index in [1.807, 2.05) is 24.4 Å². The maximum atomic E-state index is 9.03. The number of hydrogen-bond acceptors (Lipinski definition) is 3. The number of rotatable bonds is 1. The lowest BCUT2D eigenvalue weighted by Gasteiger charge is -2.03. The second-order valence-corrected chi connectivity index (χ2v) is 4.27. The van der Waals surface area contributed by atoms with Gasteiger partial charge in [-0.3, -0.25) is 0 Å². The van der Waals surface area contributed by atoms with Crippen molar-refractivity contribution in [2.24, 2.45) is 0 Å². The van der Waals surface area contributed by atoms with Gasteiger partial charge in [-0.25, -0.2) is 0 Å². The number of nitrogens with two attached hydrogens (primary N) is 1. The van der Waals surface area contributed by atoms with Crippen molar-refractivity contribution in [1.29, 1.82) is 5.26 Å². The summed E-state index contributed by atoms with van der Waals surface area (Å²) in [6, 6.07) is 9.69. The molecule has 0 unspecified atom stereocenters. The smallest absolute Gasteiger partial charge is 0.0999 e. The Hall–Kier alpha value is -1.79. The molecule has 1 aromatic heterocycles. The minimum Gasteiger partial charge on any atom is -0.399 e. The van der Waals surface area contributed by atoms with Crippen LogP contribution in [-0.4, -0.2) is 0 Å². The summed E-state index contributed by atoms with van der Waals surface area (Å²) in [6.45, 7) is 2.04. The third-order valence-electron chi connectivity index (χ3n) is 2.27. The van der Waals surface area contributed by atoms with E-state index in [1.54, 1.807) is 17.4 Å². The van der Waals surface area contributed by atoms with Crippen molar-refractivity contribution in [3.05, 3.63) is 40.8 Å². The predicted molar refractivity (Wildman–Crippen MR) is 63.6 cm³/mol. The fraction of sp³-hybridized carbons (Fsp3) is 0.0833. The lowest BCUT2D eigenvalue weighted by atomic mass is 10.0. The normalized spacial score (nSPS) is 9.87. The van der Waals surface area contributed by atoms with Gasteiger partial charge in [0.2, 0.25) is 0 Å². The standard InChI is InChI=1S/C12H10N2S/c1-8-4-5-15-12(8)11-3-2-10(14)6-9(11)7-13/h2-6H,14H2,1H3. The van der Waals surface area contributed by atoms with Crippen LogP contribution in [0.2, 0.25) is 0 Å². The minimum absolute atomic E-state index is 0.629. The van der Waals surface area contributed by atoms with Crippen LogP contribution in [0, 0.1) is 18.3 Å². The molecule has 2 rings (SSSR count). The van der Waals surface area contributed by atoms with Crippen LogP contribution in [-0.2, 0) is 0 Å². The molecule has 0 saturated heterocycles.